The van der Waals surface area contributed by atoms with Gasteiger partial charge in [-0.1, -0.05) is 18.1 Å². The fraction of sp³-hybridized carbons (Fsp3) is 0.304. The van der Waals surface area contributed by atoms with Crippen LogP contribution < -0.4 is 10.1 Å². The van der Waals surface area contributed by atoms with Crippen LogP contribution >= 0.6 is 0 Å². The normalized spacial score (nSPS) is 10.5. The molecule has 1 heterocycles. The highest BCUT2D eigenvalue weighted by atomic mass is 16.5. The van der Waals surface area contributed by atoms with Gasteiger partial charge >= 0.3 is 0 Å². The van der Waals surface area contributed by atoms with Gasteiger partial charge < -0.3 is 24.5 Å². The lowest BCUT2D eigenvalue weighted by atomic mass is 10.1. The monoisotopic (exact) mass is 407 g/mol. The van der Waals surface area contributed by atoms with E-state index in [1.54, 1.807) is 13.0 Å². The van der Waals surface area contributed by atoms with Gasteiger partial charge in [-0.15, -0.1) is 0 Å². The summed E-state index contributed by atoms with van der Waals surface area (Å²) in [5.74, 6) is 5.91. The van der Waals surface area contributed by atoms with E-state index in [9.17, 15) is 4.79 Å². The first kappa shape index (κ1) is 21.4. The number of hydrogen-bond donors (Lipinski definition) is 2. The average Bonchev–Trinajstić information content (AvgIpc) is 3.18. The number of nitrogens with zero attached hydrogens (tertiary/aromatic N) is 1. The molecule has 7 nitrogen and oxygen atoms in total. The van der Waals surface area contributed by atoms with Gasteiger partial charge in [-0.05, 0) is 50.1 Å². The highest BCUT2D eigenvalue weighted by Gasteiger charge is 2.12. The molecule has 0 bridgehead atoms. The molecule has 0 unspecified atom stereocenters. The summed E-state index contributed by atoms with van der Waals surface area (Å²) < 4.78 is 16.5. The van der Waals surface area contributed by atoms with E-state index in [0.29, 0.717) is 50.3 Å². The lowest BCUT2D eigenvalue weighted by Gasteiger charge is -2.13. The number of aromatic nitrogens is 2. The molecule has 2 N–H and O–H groups in total. The number of nitrogens with one attached hydrogen (secondary N) is 2. The van der Waals surface area contributed by atoms with E-state index in [4.69, 9.17) is 14.2 Å². The molecule has 1 aromatic heterocycles. The number of rotatable bonds is 10. The van der Waals surface area contributed by atoms with E-state index in [1.165, 1.54) is 0 Å². The molecule has 30 heavy (non-hydrogen) atoms. The van der Waals surface area contributed by atoms with Gasteiger partial charge in [0, 0.05) is 12.2 Å². The molecular weight excluding hydrogens is 382 g/mol. The third-order valence-electron chi connectivity index (χ3n) is 4.19. The third-order valence-corrected chi connectivity index (χ3v) is 4.19. The SMILES string of the molecule is CC#CC(=O)Nc1cc(-c2nc3ccccc3[nH]2)ccc1OCCOCCOCC. The number of amides is 1. The van der Waals surface area contributed by atoms with Crippen LogP contribution in [0.3, 0.4) is 0 Å². The van der Waals surface area contributed by atoms with E-state index in [2.05, 4.69) is 27.1 Å². The van der Waals surface area contributed by atoms with Crippen molar-refractivity contribution in [1.29, 1.82) is 0 Å². The Balaban J connectivity index is 1.74. The minimum Gasteiger partial charge on any atom is -0.489 e. The molecule has 156 valence electrons. The lowest BCUT2D eigenvalue weighted by Crippen LogP contribution is -2.13. The maximum absolute atomic E-state index is 12.0. The van der Waals surface area contributed by atoms with Crippen LogP contribution in [0, 0.1) is 11.8 Å². The van der Waals surface area contributed by atoms with Crippen molar-refractivity contribution in [3.63, 3.8) is 0 Å². The van der Waals surface area contributed by atoms with E-state index in [1.807, 2.05) is 43.3 Å². The molecule has 0 aliphatic rings. The Morgan fingerprint density at radius 3 is 2.70 bits per heavy atom. The van der Waals surface area contributed by atoms with Crippen LogP contribution in [0.5, 0.6) is 5.75 Å². The lowest BCUT2D eigenvalue weighted by molar-refractivity contribution is -0.111. The molecule has 2 aromatic carbocycles. The first-order chi connectivity index (χ1) is 14.7. The van der Waals surface area contributed by atoms with Crippen LogP contribution in [0.2, 0.25) is 0 Å². The van der Waals surface area contributed by atoms with Gasteiger partial charge in [0.05, 0.1) is 36.5 Å². The Labute approximate surface area is 175 Å². The highest BCUT2D eigenvalue weighted by molar-refractivity contribution is 6.05. The number of imidazole rings is 1. The Morgan fingerprint density at radius 1 is 1.10 bits per heavy atom. The van der Waals surface area contributed by atoms with E-state index < -0.39 is 5.91 Å². The number of carbonyl (C=O) groups is 1. The molecule has 1 amide bonds. The molecular formula is C23H25N3O4. The second-order valence-electron chi connectivity index (χ2n) is 6.30. The molecule has 0 spiro atoms. The number of carbonyl (C=O) groups excluding carboxylic acids is 1. The van der Waals surface area contributed by atoms with Crippen molar-refractivity contribution in [3.8, 4) is 29.0 Å². The molecule has 0 aliphatic heterocycles. The number of fused-ring (bicyclic) bond motifs is 1. The largest absolute Gasteiger partial charge is 0.489 e. The van der Waals surface area contributed by atoms with Gasteiger partial charge in [-0.2, -0.15) is 0 Å². The minimum atomic E-state index is -0.405. The predicted octanol–water partition coefficient (Wildman–Crippen LogP) is 3.62. The van der Waals surface area contributed by atoms with Crippen molar-refractivity contribution in [2.45, 2.75) is 13.8 Å². The molecule has 0 fully saturated rings. The molecule has 7 heteroatoms. The zero-order valence-electron chi connectivity index (χ0n) is 17.2. The van der Waals surface area contributed by atoms with Gasteiger partial charge in [0.2, 0.25) is 0 Å². The zero-order chi connectivity index (χ0) is 21.2. The fourth-order valence-electron chi connectivity index (χ4n) is 2.83. The standard InChI is InChI=1S/C23H25N3O4/c1-3-7-22(27)24-20-16-17(23-25-18-8-5-6-9-19(18)26-23)10-11-21(20)30-15-14-29-13-12-28-4-2/h5-6,8-11,16H,4,12-15H2,1-2H3,(H,24,27)(H,25,26). The quantitative estimate of drug-likeness (QED) is 0.396. The predicted molar refractivity (Wildman–Crippen MR) is 116 cm³/mol. The number of benzene rings is 2. The maximum Gasteiger partial charge on any atom is 0.300 e. The summed E-state index contributed by atoms with van der Waals surface area (Å²) in [6.07, 6.45) is 0. The summed E-state index contributed by atoms with van der Waals surface area (Å²) in [4.78, 5) is 19.9. The van der Waals surface area contributed by atoms with Crippen LogP contribution in [0.15, 0.2) is 42.5 Å². The number of H-pyrrole nitrogens is 1. The summed E-state index contributed by atoms with van der Waals surface area (Å²) in [6, 6.07) is 13.3. The molecule has 0 saturated heterocycles. The third kappa shape index (κ3) is 5.83. The first-order valence-electron chi connectivity index (χ1n) is 9.82. The molecule has 3 rings (SSSR count). The first-order valence-corrected chi connectivity index (χ1v) is 9.82. The average molecular weight is 407 g/mol. The number of hydrogen-bond acceptors (Lipinski definition) is 5. The molecule has 0 atom stereocenters. The van der Waals surface area contributed by atoms with Crippen LogP contribution in [0.4, 0.5) is 5.69 Å². The van der Waals surface area contributed by atoms with E-state index in [0.717, 1.165) is 16.6 Å². The smallest absolute Gasteiger partial charge is 0.300 e. The van der Waals surface area contributed by atoms with Crippen LogP contribution in [0.1, 0.15) is 13.8 Å². The Morgan fingerprint density at radius 2 is 1.90 bits per heavy atom. The summed E-state index contributed by atoms with van der Waals surface area (Å²) in [7, 11) is 0. The topological polar surface area (TPSA) is 85.5 Å². The molecule has 0 radical (unpaired) electrons. The van der Waals surface area contributed by atoms with Crippen molar-refractivity contribution in [2.75, 3.05) is 38.4 Å². The minimum absolute atomic E-state index is 0.346. The van der Waals surface area contributed by atoms with Gasteiger partial charge in [-0.25, -0.2) is 4.98 Å². The molecule has 0 saturated carbocycles. The molecule has 0 aliphatic carbocycles. The van der Waals surface area contributed by atoms with Crippen LogP contribution in [-0.4, -0.2) is 48.9 Å². The fourth-order valence-corrected chi connectivity index (χ4v) is 2.83. The summed E-state index contributed by atoms with van der Waals surface area (Å²) in [5.41, 5.74) is 3.17. The second kappa shape index (κ2) is 11.0. The number of ether oxygens (including phenoxy) is 3. The number of aromatic amines is 1. The van der Waals surface area contributed by atoms with Crippen molar-refractivity contribution in [2.24, 2.45) is 0 Å². The van der Waals surface area contributed by atoms with Gasteiger partial charge in [-0.3, -0.25) is 4.79 Å². The van der Waals surface area contributed by atoms with Crippen molar-refractivity contribution < 1.29 is 19.0 Å². The summed E-state index contributed by atoms with van der Waals surface area (Å²) in [6.45, 7) is 6.05. The van der Waals surface area contributed by atoms with Gasteiger partial charge in [0.1, 0.15) is 18.2 Å². The Bertz CT molecular complexity index is 1020. The number of para-hydroxylation sites is 2. The number of anilines is 1. The Hall–Kier alpha value is -3.34. The van der Waals surface area contributed by atoms with Crippen molar-refractivity contribution in [1.82, 2.24) is 9.97 Å². The van der Waals surface area contributed by atoms with Crippen molar-refractivity contribution in [3.05, 3.63) is 42.5 Å². The van der Waals surface area contributed by atoms with Gasteiger partial charge in [0.25, 0.3) is 5.91 Å². The van der Waals surface area contributed by atoms with Gasteiger partial charge in [0.15, 0.2) is 0 Å². The summed E-state index contributed by atoms with van der Waals surface area (Å²) >= 11 is 0. The van der Waals surface area contributed by atoms with E-state index in [-0.39, 0.29) is 0 Å². The van der Waals surface area contributed by atoms with Crippen LogP contribution in [-0.2, 0) is 14.3 Å². The zero-order valence-corrected chi connectivity index (χ0v) is 17.2. The van der Waals surface area contributed by atoms with Crippen LogP contribution in [0.25, 0.3) is 22.4 Å². The highest BCUT2D eigenvalue weighted by Crippen LogP contribution is 2.30. The Kier molecular flexibility index (Phi) is 7.84. The van der Waals surface area contributed by atoms with E-state index >= 15 is 0 Å². The summed E-state index contributed by atoms with van der Waals surface area (Å²) in [5, 5.41) is 2.78. The second-order valence-corrected chi connectivity index (χ2v) is 6.30. The van der Waals surface area contributed by atoms with Crippen molar-refractivity contribution >= 4 is 22.6 Å². The maximum atomic E-state index is 12.0. The molecule has 3 aromatic rings.